The Kier molecular flexibility index (Phi) is 20.0. The fourth-order valence-corrected chi connectivity index (χ4v) is 4.41. The monoisotopic (exact) mass is 398 g/mol. The van der Waals surface area contributed by atoms with Gasteiger partial charge in [-0.15, -0.1) is 0 Å². The van der Waals surface area contributed by atoms with Crippen molar-refractivity contribution >= 4 is 0 Å². The maximum Gasteiger partial charge on any atom is 0.0104 e. The Labute approximate surface area is 178 Å². The molecule has 170 valence electrons. The van der Waals surface area contributed by atoms with E-state index in [1.54, 1.807) is 0 Å². The van der Waals surface area contributed by atoms with Gasteiger partial charge in [-0.1, -0.05) is 54.4 Å². The molecule has 28 heavy (non-hydrogen) atoms. The third kappa shape index (κ3) is 13.1. The molecule has 0 heterocycles. The van der Waals surface area contributed by atoms with E-state index in [2.05, 4.69) is 62.0 Å². The smallest absolute Gasteiger partial charge is 0.0104 e. The number of rotatable bonds is 21. The van der Waals surface area contributed by atoms with Crippen molar-refractivity contribution in [3.63, 3.8) is 0 Å². The van der Waals surface area contributed by atoms with Gasteiger partial charge in [-0.25, -0.2) is 0 Å². The third-order valence-electron chi connectivity index (χ3n) is 6.37. The third-order valence-corrected chi connectivity index (χ3v) is 6.37. The summed E-state index contributed by atoms with van der Waals surface area (Å²) < 4.78 is 0. The quantitative estimate of drug-likeness (QED) is 0.273. The fourth-order valence-electron chi connectivity index (χ4n) is 4.41. The van der Waals surface area contributed by atoms with Crippen molar-refractivity contribution in [2.75, 3.05) is 52.4 Å². The van der Waals surface area contributed by atoms with E-state index in [1.807, 2.05) is 0 Å². The molecule has 0 rings (SSSR count). The van der Waals surface area contributed by atoms with E-state index in [1.165, 1.54) is 104 Å². The molecule has 4 heteroatoms. The average Bonchev–Trinajstić information content (AvgIpc) is 2.73. The number of hydrogen-bond acceptors (Lipinski definition) is 4. The number of nitrogens with zero attached hydrogens (tertiary/aromatic N) is 2. The average molecular weight is 399 g/mol. The highest BCUT2D eigenvalue weighted by molar-refractivity contribution is 4.70. The normalized spacial score (nSPS) is 14.1. The van der Waals surface area contributed by atoms with Gasteiger partial charge in [-0.05, 0) is 90.9 Å². The second-order valence-corrected chi connectivity index (χ2v) is 8.06. The number of hydrogen-bond donors (Lipinski definition) is 2. The van der Waals surface area contributed by atoms with Crippen LogP contribution in [0.4, 0.5) is 0 Å². The van der Waals surface area contributed by atoms with Crippen molar-refractivity contribution in [2.24, 2.45) is 0 Å². The molecule has 0 saturated heterocycles. The fraction of sp³-hybridized carbons (Fsp3) is 1.00. The molecule has 0 aliphatic carbocycles. The summed E-state index contributed by atoms with van der Waals surface area (Å²) in [5, 5.41) is 7.32. The van der Waals surface area contributed by atoms with Crippen molar-refractivity contribution < 1.29 is 0 Å². The Morgan fingerprint density at radius 1 is 0.500 bits per heavy atom. The van der Waals surface area contributed by atoms with Gasteiger partial charge in [0.2, 0.25) is 0 Å². The Morgan fingerprint density at radius 2 is 0.857 bits per heavy atom. The van der Waals surface area contributed by atoms with Crippen LogP contribution >= 0.6 is 0 Å². The maximum absolute atomic E-state index is 3.66. The predicted octanol–water partition coefficient (Wildman–Crippen LogP) is 4.75. The van der Waals surface area contributed by atoms with Crippen LogP contribution in [0.25, 0.3) is 0 Å². The van der Waals surface area contributed by atoms with Gasteiger partial charge in [0.25, 0.3) is 0 Å². The van der Waals surface area contributed by atoms with Crippen LogP contribution in [0, 0.1) is 0 Å². The molecule has 0 fully saturated rings. The lowest BCUT2D eigenvalue weighted by molar-refractivity contribution is 0.199. The van der Waals surface area contributed by atoms with E-state index in [-0.39, 0.29) is 0 Å². The van der Waals surface area contributed by atoms with E-state index in [9.17, 15) is 0 Å². The lowest BCUT2D eigenvalue weighted by Crippen LogP contribution is -2.37. The van der Waals surface area contributed by atoms with Gasteiger partial charge < -0.3 is 20.4 Å². The molecular weight excluding hydrogens is 344 g/mol. The van der Waals surface area contributed by atoms with Gasteiger partial charge in [-0.3, -0.25) is 0 Å². The molecule has 0 aromatic heterocycles. The first-order valence-corrected chi connectivity index (χ1v) is 12.6. The molecule has 0 spiro atoms. The van der Waals surface area contributed by atoms with E-state index in [0.717, 1.165) is 12.1 Å². The molecule has 0 aromatic carbocycles. The Morgan fingerprint density at radius 3 is 1.14 bits per heavy atom. The Bertz CT molecular complexity index is 273. The first-order valence-electron chi connectivity index (χ1n) is 12.6. The minimum absolute atomic E-state index is 0.752. The van der Waals surface area contributed by atoms with Crippen LogP contribution in [-0.4, -0.2) is 74.2 Å². The van der Waals surface area contributed by atoms with Gasteiger partial charge >= 0.3 is 0 Å². The standard InChI is InChI=1S/C24H54N4/c1-7-23(27(9-3)10-4)17-21-25-19-15-13-14-16-20-26-22-18-24(8-2)28(11-5)12-6/h23-26H,7-22H2,1-6H3. The van der Waals surface area contributed by atoms with Crippen molar-refractivity contribution in [3.05, 3.63) is 0 Å². The number of unbranched alkanes of at least 4 members (excludes halogenated alkanes) is 3. The molecular formula is C24H54N4. The second kappa shape index (κ2) is 20.1. The molecule has 0 aliphatic heterocycles. The predicted molar refractivity (Wildman–Crippen MR) is 127 cm³/mol. The van der Waals surface area contributed by atoms with Crippen LogP contribution in [-0.2, 0) is 0 Å². The van der Waals surface area contributed by atoms with Gasteiger partial charge in [-0.2, -0.15) is 0 Å². The molecule has 0 saturated carbocycles. The molecule has 2 N–H and O–H groups in total. The Hall–Kier alpha value is -0.160. The summed E-state index contributed by atoms with van der Waals surface area (Å²) in [6, 6.07) is 1.50. The SMILES string of the molecule is CCC(CCNCCCCCCNCCC(CC)N(CC)CC)N(CC)CC. The lowest BCUT2D eigenvalue weighted by atomic mass is 10.1. The van der Waals surface area contributed by atoms with E-state index in [4.69, 9.17) is 0 Å². The summed E-state index contributed by atoms with van der Waals surface area (Å²) in [6.45, 7) is 23.2. The molecule has 4 nitrogen and oxygen atoms in total. The molecule has 0 aromatic rings. The first-order chi connectivity index (χ1) is 13.7. The van der Waals surface area contributed by atoms with Gasteiger partial charge in [0.1, 0.15) is 0 Å². The molecule has 0 amide bonds. The number of nitrogens with one attached hydrogen (secondary N) is 2. The molecule has 0 bridgehead atoms. The Balaban J connectivity index is 3.51. The van der Waals surface area contributed by atoms with Crippen LogP contribution in [0.15, 0.2) is 0 Å². The zero-order valence-electron chi connectivity index (χ0n) is 20.4. The van der Waals surface area contributed by atoms with Crippen molar-refractivity contribution in [1.82, 2.24) is 20.4 Å². The summed E-state index contributed by atoms with van der Waals surface area (Å²) in [5.74, 6) is 0. The summed E-state index contributed by atoms with van der Waals surface area (Å²) in [4.78, 5) is 5.19. The summed E-state index contributed by atoms with van der Waals surface area (Å²) >= 11 is 0. The van der Waals surface area contributed by atoms with Crippen molar-refractivity contribution in [1.29, 1.82) is 0 Å². The van der Waals surface area contributed by atoms with Crippen LogP contribution in [0.1, 0.15) is 92.9 Å². The maximum atomic E-state index is 3.66. The minimum atomic E-state index is 0.752. The zero-order chi connectivity index (χ0) is 21.0. The van der Waals surface area contributed by atoms with Gasteiger partial charge in [0.05, 0.1) is 0 Å². The van der Waals surface area contributed by atoms with Gasteiger partial charge in [0, 0.05) is 12.1 Å². The summed E-state index contributed by atoms with van der Waals surface area (Å²) in [5.41, 5.74) is 0. The highest BCUT2D eigenvalue weighted by Crippen LogP contribution is 2.08. The van der Waals surface area contributed by atoms with Crippen LogP contribution < -0.4 is 10.6 Å². The van der Waals surface area contributed by atoms with Crippen molar-refractivity contribution in [2.45, 2.75) is 105 Å². The van der Waals surface area contributed by atoms with Gasteiger partial charge in [0.15, 0.2) is 0 Å². The van der Waals surface area contributed by atoms with Crippen LogP contribution in [0.5, 0.6) is 0 Å². The first kappa shape index (κ1) is 27.8. The largest absolute Gasteiger partial charge is 0.317 e. The minimum Gasteiger partial charge on any atom is -0.317 e. The van der Waals surface area contributed by atoms with Crippen LogP contribution in [0.3, 0.4) is 0 Å². The molecule has 0 aliphatic rings. The van der Waals surface area contributed by atoms with E-state index in [0.29, 0.717) is 0 Å². The highest BCUT2D eigenvalue weighted by Gasteiger charge is 2.13. The summed E-state index contributed by atoms with van der Waals surface area (Å²) in [7, 11) is 0. The topological polar surface area (TPSA) is 30.5 Å². The highest BCUT2D eigenvalue weighted by atomic mass is 15.1. The summed E-state index contributed by atoms with van der Waals surface area (Å²) in [6.07, 6.45) is 10.5. The van der Waals surface area contributed by atoms with E-state index >= 15 is 0 Å². The lowest BCUT2D eigenvalue weighted by Gasteiger charge is -2.28. The molecule has 2 unspecified atom stereocenters. The van der Waals surface area contributed by atoms with Crippen molar-refractivity contribution in [3.8, 4) is 0 Å². The second-order valence-electron chi connectivity index (χ2n) is 8.06. The molecule has 0 radical (unpaired) electrons. The zero-order valence-corrected chi connectivity index (χ0v) is 20.4. The molecule has 2 atom stereocenters. The van der Waals surface area contributed by atoms with Crippen LogP contribution in [0.2, 0.25) is 0 Å². The van der Waals surface area contributed by atoms with E-state index < -0.39 is 0 Å².